The molecule has 2 aromatic rings. The van der Waals surface area contributed by atoms with Gasteiger partial charge in [0, 0.05) is 36.7 Å². The number of rotatable bonds is 9. The zero-order valence-electron chi connectivity index (χ0n) is 19.3. The number of aromatic amines is 1. The first-order chi connectivity index (χ1) is 16.8. The minimum Gasteiger partial charge on any atom is -0.428 e. The van der Waals surface area contributed by atoms with E-state index < -0.39 is 42.4 Å². The molecule has 35 heavy (non-hydrogen) atoms. The number of amides is 2. The van der Waals surface area contributed by atoms with Crippen LogP contribution >= 0.6 is 11.8 Å². The molecular formula is C22H28N4O8S. The maximum atomic E-state index is 12.3. The molecule has 0 aliphatic carbocycles. The number of aromatic nitrogens is 2. The summed E-state index contributed by atoms with van der Waals surface area (Å²) in [5, 5.41) is 14.8. The van der Waals surface area contributed by atoms with Crippen LogP contribution in [0.25, 0.3) is 0 Å². The summed E-state index contributed by atoms with van der Waals surface area (Å²) in [7, 11) is 1.56. The lowest BCUT2D eigenvalue weighted by Gasteiger charge is -2.16. The molecule has 1 aliphatic rings. The molecule has 0 bridgehead atoms. The van der Waals surface area contributed by atoms with Crippen molar-refractivity contribution in [1.29, 1.82) is 0 Å². The summed E-state index contributed by atoms with van der Waals surface area (Å²) < 4.78 is 17.4. The number of nitrogens with one attached hydrogen (secondary N) is 3. The van der Waals surface area contributed by atoms with Crippen molar-refractivity contribution in [1.82, 2.24) is 20.2 Å². The van der Waals surface area contributed by atoms with Crippen LogP contribution in [0.4, 0.5) is 9.59 Å². The number of carbonyl (C=O) groups excluding carboxylic acids is 2. The monoisotopic (exact) mass is 508 g/mol. The second kappa shape index (κ2) is 12.4. The molecule has 12 nitrogen and oxygen atoms in total. The van der Waals surface area contributed by atoms with Crippen LogP contribution in [0.5, 0.6) is 5.75 Å². The minimum absolute atomic E-state index is 0.0933. The van der Waals surface area contributed by atoms with Gasteiger partial charge in [-0.2, -0.15) is 0 Å². The number of benzene rings is 1. The first-order valence-corrected chi connectivity index (χ1v) is 11.9. The maximum Gasteiger partial charge on any atom is 0.514 e. The van der Waals surface area contributed by atoms with E-state index in [9.17, 15) is 24.3 Å². The predicted octanol–water partition coefficient (Wildman–Crippen LogP) is 1.12. The van der Waals surface area contributed by atoms with E-state index in [0.29, 0.717) is 12.1 Å². The summed E-state index contributed by atoms with van der Waals surface area (Å²) in [6.07, 6.45) is -1.25. The Balaban J connectivity index is 1.49. The molecule has 3 rings (SSSR count). The molecule has 0 radical (unpaired) electrons. The smallest absolute Gasteiger partial charge is 0.428 e. The van der Waals surface area contributed by atoms with E-state index in [4.69, 9.17) is 14.2 Å². The largest absolute Gasteiger partial charge is 0.514 e. The number of urea groups is 1. The van der Waals surface area contributed by atoms with Gasteiger partial charge < -0.3 is 30.0 Å². The van der Waals surface area contributed by atoms with Crippen LogP contribution in [0, 0.1) is 6.92 Å². The van der Waals surface area contributed by atoms with Gasteiger partial charge in [-0.1, -0.05) is 0 Å². The first-order valence-electron chi connectivity index (χ1n) is 11.0. The number of carbonyl (C=O) groups is 2. The second-order valence-electron chi connectivity index (χ2n) is 7.71. The molecule has 1 aliphatic heterocycles. The molecule has 1 aromatic heterocycles. The third-order valence-corrected chi connectivity index (χ3v) is 6.29. The topological polar surface area (TPSA) is 161 Å². The molecule has 4 N–H and O–H groups in total. The highest BCUT2D eigenvalue weighted by Gasteiger charge is 2.39. The van der Waals surface area contributed by atoms with Gasteiger partial charge in [0.05, 0.1) is 6.61 Å². The molecule has 3 atom stereocenters. The predicted molar refractivity (Wildman–Crippen MR) is 127 cm³/mol. The summed E-state index contributed by atoms with van der Waals surface area (Å²) in [5.74, 6) is 1.08. The third kappa shape index (κ3) is 7.34. The standard InChI is InChI=1S/C22H28N4O8S/c1-13-11-26(21(30)25-19(13)28)18-10-16(17(12-27)33-18)34-22(31)32-14-4-6-15(7-5-14)35-9-3-8-24-20(29)23-2/h4-7,11,16-18,27H,3,8-10,12H2,1-2H3,(H2,23,24,29)(H,25,28,30)/t16-,17-,18-/m1/s1. The summed E-state index contributed by atoms with van der Waals surface area (Å²) in [5.41, 5.74) is -0.840. The fourth-order valence-corrected chi connectivity index (χ4v) is 4.21. The van der Waals surface area contributed by atoms with Gasteiger partial charge in [-0.3, -0.25) is 14.3 Å². The Morgan fingerprint density at radius 2 is 2.03 bits per heavy atom. The Morgan fingerprint density at radius 3 is 2.71 bits per heavy atom. The van der Waals surface area contributed by atoms with Crippen molar-refractivity contribution in [3.8, 4) is 5.75 Å². The van der Waals surface area contributed by atoms with Gasteiger partial charge in [-0.05, 0) is 43.4 Å². The molecule has 1 saturated heterocycles. The van der Waals surface area contributed by atoms with Crippen molar-refractivity contribution in [2.45, 2.75) is 43.1 Å². The van der Waals surface area contributed by atoms with Gasteiger partial charge in [0.2, 0.25) is 0 Å². The minimum atomic E-state index is -0.969. The molecular weight excluding hydrogens is 480 g/mol. The van der Waals surface area contributed by atoms with Crippen LogP contribution in [0.3, 0.4) is 0 Å². The molecule has 190 valence electrons. The average molecular weight is 509 g/mol. The van der Waals surface area contributed by atoms with Crippen LogP contribution in [-0.2, 0) is 9.47 Å². The van der Waals surface area contributed by atoms with Crippen molar-refractivity contribution in [3.05, 3.63) is 56.9 Å². The molecule has 1 aromatic carbocycles. The highest BCUT2D eigenvalue weighted by molar-refractivity contribution is 7.99. The number of aliphatic hydroxyl groups is 1. The fraction of sp³-hybridized carbons (Fsp3) is 0.455. The first kappa shape index (κ1) is 26.3. The number of ether oxygens (including phenoxy) is 3. The Hall–Kier alpha value is -3.29. The Kier molecular flexibility index (Phi) is 9.34. The number of H-pyrrole nitrogens is 1. The van der Waals surface area contributed by atoms with Gasteiger partial charge in [0.25, 0.3) is 5.56 Å². The van der Waals surface area contributed by atoms with E-state index in [1.807, 2.05) is 0 Å². The van der Waals surface area contributed by atoms with Gasteiger partial charge in [-0.15, -0.1) is 11.8 Å². The Labute approximate surface area is 205 Å². The lowest BCUT2D eigenvalue weighted by molar-refractivity contribution is -0.0526. The van der Waals surface area contributed by atoms with Crippen molar-refractivity contribution >= 4 is 23.9 Å². The van der Waals surface area contributed by atoms with Crippen molar-refractivity contribution in [3.63, 3.8) is 0 Å². The summed E-state index contributed by atoms with van der Waals surface area (Å²) in [6, 6.07) is 6.65. The molecule has 2 heterocycles. The lowest BCUT2D eigenvalue weighted by atomic mass is 10.2. The quantitative estimate of drug-likeness (QED) is 0.168. The third-order valence-electron chi connectivity index (χ3n) is 5.19. The molecule has 0 saturated carbocycles. The van der Waals surface area contributed by atoms with Crippen LogP contribution in [0.2, 0.25) is 0 Å². The zero-order chi connectivity index (χ0) is 25.4. The number of hydrogen-bond acceptors (Lipinski definition) is 9. The van der Waals surface area contributed by atoms with Crippen molar-refractivity contribution in [2.75, 3.05) is 26.0 Å². The van der Waals surface area contributed by atoms with E-state index in [1.165, 1.54) is 10.8 Å². The molecule has 13 heteroatoms. The van der Waals surface area contributed by atoms with Crippen LogP contribution in [0.1, 0.15) is 24.6 Å². The van der Waals surface area contributed by atoms with Crippen LogP contribution < -0.4 is 26.6 Å². The Morgan fingerprint density at radius 1 is 1.29 bits per heavy atom. The highest BCUT2D eigenvalue weighted by atomic mass is 32.2. The normalized spacial score (nSPS) is 19.2. The second-order valence-corrected chi connectivity index (χ2v) is 8.88. The average Bonchev–Trinajstić information content (AvgIpc) is 3.24. The van der Waals surface area contributed by atoms with Crippen molar-refractivity contribution < 1.29 is 28.9 Å². The maximum absolute atomic E-state index is 12.3. The molecule has 0 spiro atoms. The summed E-state index contributed by atoms with van der Waals surface area (Å²) >= 11 is 1.60. The number of thioether (sulfide) groups is 1. The van der Waals surface area contributed by atoms with Gasteiger partial charge in [0.1, 0.15) is 24.2 Å². The fourth-order valence-electron chi connectivity index (χ4n) is 3.36. The van der Waals surface area contributed by atoms with E-state index >= 15 is 0 Å². The van der Waals surface area contributed by atoms with Gasteiger partial charge in [0.15, 0.2) is 0 Å². The number of aryl methyl sites for hydroxylation is 1. The highest BCUT2D eigenvalue weighted by Crippen LogP contribution is 2.30. The van der Waals surface area contributed by atoms with Crippen LogP contribution in [0.15, 0.2) is 44.9 Å². The van der Waals surface area contributed by atoms with Crippen molar-refractivity contribution in [2.24, 2.45) is 0 Å². The van der Waals surface area contributed by atoms with E-state index in [0.717, 1.165) is 17.1 Å². The van der Waals surface area contributed by atoms with Gasteiger partial charge in [-0.25, -0.2) is 14.4 Å². The lowest BCUT2D eigenvalue weighted by Crippen LogP contribution is -2.33. The molecule has 1 fully saturated rings. The number of hydrogen-bond donors (Lipinski definition) is 4. The van der Waals surface area contributed by atoms with Gasteiger partial charge >= 0.3 is 17.9 Å². The zero-order valence-corrected chi connectivity index (χ0v) is 20.1. The number of aliphatic hydroxyl groups excluding tert-OH is 1. The van der Waals surface area contributed by atoms with Crippen LogP contribution in [-0.4, -0.2) is 65.0 Å². The summed E-state index contributed by atoms with van der Waals surface area (Å²) in [6.45, 7) is 1.68. The molecule has 0 unspecified atom stereocenters. The molecule has 2 amide bonds. The van der Waals surface area contributed by atoms with E-state index in [1.54, 1.807) is 50.0 Å². The van der Waals surface area contributed by atoms with E-state index in [2.05, 4.69) is 15.6 Å². The van der Waals surface area contributed by atoms with E-state index in [-0.39, 0.29) is 18.2 Å². The Bertz CT molecular complexity index is 1130. The SMILES string of the molecule is CNC(=O)NCCCSc1ccc(OC(=O)O[C@@H]2C[C@H](n3cc(C)c(=O)[nH]c3=O)O[C@@H]2CO)cc1. The number of nitrogens with zero attached hydrogens (tertiary/aromatic N) is 1. The summed E-state index contributed by atoms with van der Waals surface area (Å²) in [4.78, 5) is 50.3.